The van der Waals surface area contributed by atoms with Gasteiger partial charge in [-0.3, -0.25) is 0 Å². The molecule has 14 heavy (non-hydrogen) atoms. The number of hydrogen-bond donors (Lipinski definition) is 1. The molecule has 1 rings (SSSR count). The molecule has 76 valence electrons. The van der Waals surface area contributed by atoms with E-state index in [2.05, 4.69) is 18.3 Å². The highest BCUT2D eigenvalue weighted by Gasteiger charge is 2.05. The number of furan rings is 1. The van der Waals surface area contributed by atoms with Crippen LogP contribution in [0.5, 0.6) is 0 Å². The van der Waals surface area contributed by atoms with Crippen LogP contribution in [0.1, 0.15) is 38.0 Å². The van der Waals surface area contributed by atoms with E-state index >= 15 is 0 Å². The highest BCUT2D eigenvalue weighted by molar-refractivity contribution is 5.02. The molecular formula is C11H16N2O. The number of rotatable bonds is 6. The molecule has 1 atom stereocenters. The first kappa shape index (κ1) is 10.8. The molecule has 1 aromatic heterocycles. The Balaban J connectivity index is 2.10. The van der Waals surface area contributed by atoms with Crippen molar-refractivity contribution in [1.82, 2.24) is 5.32 Å². The minimum atomic E-state index is 0.257. The summed E-state index contributed by atoms with van der Waals surface area (Å²) in [4.78, 5) is 0. The molecular weight excluding hydrogens is 176 g/mol. The predicted octanol–water partition coefficient (Wildman–Crippen LogP) is 2.62. The molecule has 0 radical (unpaired) electrons. The zero-order valence-corrected chi connectivity index (χ0v) is 8.49. The number of nitrogens with one attached hydrogen (secondary N) is 1. The Morgan fingerprint density at radius 3 is 3.07 bits per heavy atom. The average molecular weight is 192 g/mol. The zero-order valence-electron chi connectivity index (χ0n) is 8.49. The predicted molar refractivity (Wildman–Crippen MR) is 54.6 cm³/mol. The zero-order chi connectivity index (χ0) is 10.2. The minimum Gasteiger partial charge on any atom is -0.468 e. The van der Waals surface area contributed by atoms with Gasteiger partial charge in [-0.15, -0.1) is 0 Å². The lowest BCUT2D eigenvalue weighted by atomic mass is 10.2. The summed E-state index contributed by atoms with van der Waals surface area (Å²) in [5.41, 5.74) is 0. The summed E-state index contributed by atoms with van der Waals surface area (Å²) in [6.45, 7) is 3.01. The Kier molecular flexibility index (Phi) is 4.81. The summed E-state index contributed by atoms with van der Waals surface area (Å²) in [5, 5.41) is 11.7. The van der Waals surface area contributed by atoms with Crippen LogP contribution in [-0.2, 0) is 0 Å². The van der Waals surface area contributed by atoms with Crippen LogP contribution in [0, 0.1) is 11.3 Å². The number of hydrogen-bond acceptors (Lipinski definition) is 3. The van der Waals surface area contributed by atoms with E-state index < -0.39 is 0 Å². The third-order valence-corrected chi connectivity index (χ3v) is 2.14. The fourth-order valence-electron chi connectivity index (χ4n) is 1.29. The summed E-state index contributed by atoms with van der Waals surface area (Å²) in [6, 6.07) is 6.25. The molecule has 1 N–H and O–H groups in total. The molecule has 0 aliphatic rings. The molecule has 1 aromatic rings. The second-order valence-electron chi connectivity index (χ2n) is 3.31. The van der Waals surface area contributed by atoms with Crippen molar-refractivity contribution in [3.05, 3.63) is 24.2 Å². The van der Waals surface area contributed by atoms with Gasteiger partial charge in [0.2, 0.25) is 0 Å². The fraction of sp³-hybridized carbons (Fsp3) is 0.545. The fourth-order valence-corrected chi connectivity index (χ4v) is 1.29. The molecule has 0 bridgehead atoms. The summed E-state index contributed by atoms with van der Waals surface area (Å²) in [6.07, 6.45) is 4.34. The SMILES string of the molecule is CC(NCCCCC#N)c1ccco1. The summed E-state index contributed by atoms with van der Waals surface area (Å²) < 4.78 is 5.26. The van der Waals surface area contributed by atoms with Gasteiger partial charge in [-0.1, -0.05) is 0 Å². The Morgan fingerprint density at radius 1 is 1.57 bits per heavy atom. The van der Waals surface area contributed by atoms with E-state index in [9.17, 15) is 0 Å². The normalized spacial score (nSPS) is 12.3. The maximum atomic E-state index is 8.34. The summed E-state index contributed by atoms with van der Waals surface area (Å²) >= 11 is 0. The Labute approximate surface area is 84.7 Å². The van der Waals surface area contributed by atoms with E-state index in [1.807, 2.05) is 12.1 Å². The van der Waals surface area contributed by atoms with Gasteiger partial charge in [0, 0.05) is 6.42 Å². The molecule has 0 spiro atoms. The lowest BCUT2D eigenvalue weighted by Crippen LogP contribution is -2.19. The van der Waals surface area contributed by atoms with Gasteiger partial charge in [0.1, 0.15) is 5.76 Å². The monoisotopic (exact) mass is 192 g/mol. The van der Waals surface area contributed by atoms with E-state index in [1.165, 1.54) is 0 Å². The molecule has 0 fully saturated rings. The van der Waals surface area contributed by atoms with Crippen molar-refractivity contribution >= 4 is 0 Å². The third kappa shape index (κ3) is 3.63. The van der Waals surface area contributed by atoms with E-state index in [0.717, 1.165) is 25.1 Å². The van der Waals surface area contributed by atoms with E-state index in [0.29, 0.717) is 6.42 Å². The highest BCUT2D eigenvalue weighted by atomic mass is 16.3. The molecule has 0 amide bonds. The molecule has 1 unspecified atom stereocenters. The second kappa shape index (κ2) is 6.22. The van der Waals surface area contributed by atoms with Crippen molar-refractivity contribution in [2.24, 2.45) is 0 Å². The molecule has 0 saturated heterocycles. The van der Waals surface area contributed by atoms with Crippen LogP contribution in [0.2, 0.25) is 0 Å². The van der Waals surface area contributed by atoms with Crippen molar-refractivity contribution in [1.29, 1.82) is 5.26 Å². The molecule has 1 heterocycles. The standard InChI is InChI=1S/C11H16N2O/c1-10(11-6-5-9-14-11)13-8-4-2-3-7-12/h5-6,9-10,13H,2-4,8H2,1H3. The van der Waals surface area contributed by atoms with E-state index in [4.69, 9.17) is 9.68 Å². The van der Waals surface area contributed by atoms with Crippen molar-refractivity contribution < 1.29 is 4.42 Å². The Morgan fingerprint density at radius 2 is 2.43 bits per heavy atom. The maximum Gasteiger partial charge on any atom is 0.120 e. The molecule has 0 aromatic carbocycles. The number of unbranched alkanes of at least 4 members (excludes halogenated alkanes) is 2. The van der Waals surface area contributed by atoms with E-state index in [1.54, 1.807) is 6.26 Å². The van der Waals surface area contributed by atoms with Crippen LogP contribution >= 0.6 is 0 Å². The van der Waals surface area contributed by atoms with Crippen molar-refractivity contribution in [3.8, 4) is 6.07 Å². The Hall–Kier alpha value is -1.27. The average Bonchev–Trinajstić information content (AvgIpc) is 2.70. The largest absolute Gasteiger partial charge is 0.468 e. The van der Waals surface area contributed by atoms with Crippen LogP contribution in [0.25, 0.3) is 0 Å². The first-order valence-electron chi connectivity index (χ1n) is 4.98. The van der Waals surface area contributed by atoms with Gasteiger partial charge in [-0.05, 0) is 38.4 Å². The molecule has 0 saturated carbocycles. The first-order valence-corrected chi connectivity index (χ1v) is 4.98. The van der Waals surface area contributed by atoms with Crippen LogP contribution in [0.3, 0.4) is 0 Å². The van der Waals surface area contributed by atoms with Crippen LogP contribution in [-0.4, -0.2) is 6.54 Å². The van der Waals surface area contributed by atoms with Crippen molar-refractivity contribution in [2.75, 3.05) is 6.54 Å². The van der Waals surface area contributed by atoms with Gasteiger partial charge in [0.25, 0.3) is 0 Å². The van der Waals surface area contributed by atoms with Gasteiger partial charge in [-0.25, -0.2) is 0 Å². The molecule has 3 heteroatoms. The maximum absolute atomic E-state index is 8.34. The van der Waals surface area contributed by atoms with Crippen molar-refractivity contribution in [2.45, 2.75) is 32.2 Å². The molecule has 0 aliphatic heterocycles. The van der Waals surface area contributed by atoms with Crippen molar-refractivity contribution in [3.63, 3.8) is 0 Å². The van der Waals surface area contributed by atoms with Gasteiger partial charge >= 0.3 is 0 Å². The smallest absolute Gasteiger partial charge is 0.120 e. The van der Waals surface area contributed by atoms with Gasteiger partial charge < -0.3 is 9.73 Å². The number of nitriles is 1. The Bertz CT molecular complexity index is 274. The lowest BCUT2D eigenvalue weighted by Gasteiger charge is -2.10. The highest BCUT2D eigenvalue weighted by Crippen LogP contribution is 2.11. The molecule has 3 nitrogen and oxygen atoms in total. The van der Waals surface area contributed by atoms with Gasteiger partial charge in [0.15, 0.2) is 0 Å². The quantitative estimate of drug-likeness (QED) is 0.705. The lowest BCUT2D eigenvalue weighted by molar-refractivity contribution is 0.427. The van der Waals surface area contributed by atoms with Gasteiger partial charge in [0.05, 0.1) is 18.4 Å². The topological polar surface area (TPSA) is 49.0 Å². The third-order valence-electron chi connectivity index (χ3n) is 2.14. The summed E-state index contributed by atoms with van der Waals surface area (Å²) in [7, 11) is 0. The minimum absolute atomic E-state index is 0.257. The van der Waals surface area contributed by atoms with Crippen LogP contribution < -0.4 is 5.32 Å². The van der Waals surface area contributed by atoms with Crippen LogP contribution in [0.4, 0.5) is 0 Å². The molecule has 0 aliphatic carbocycles. The number of nitrogens with zero attached hydrogens (tertiary/aromatic N) is 1. The second-order valence-corrected chi connectivity index (χ2v) is 3.31. The van der Waals surface area contributed by atoms with E-state index in [-0.39, 0.29) is 6.04 Å². The first-order chi connectivity index (χ1) is 6.84. The summed E-state index contributed by atoms with van der Waals surface area (Å²) in [5.74, 6) is 0.963. The van der Waals surface area contributed by atoms with Gasteiger partial charge in [-0.2, -0.15) is 5.26 Å². The van der Waals surface area contributed by atoms with Crippen LogP contribution in [0.15, 0.2) is 22.8 Å².